The van der Waals surface area contributed by atoms with E-state index in [4.69, 9.17) is 23.4 Å². The molecule has 11 nitrogen and oxygen atoms in total. The zero-order valence-corrected chi connectivity index (χ0v) is 46.1. The van der Waals surface area contributed by atoms with E-state index in [2.05, 4.69) is 91.0 Å². The molecule has 5 bridgehead atoms. The van der Waals surface area contributed by atoms with E-state index in [9.17, 15) is 20.1 Å². The highest BCUT2D eigenvalue weighted by molar-refractivity contribution is 5.90. The zero-order chi connectivity index (χ0) is 54.6. The Morgan fingerprint density at radius 1 is 0.810 bits per heavy atom. The minimum absolute atomic E-state index is 0.00854. The lowest BCUT2D eigenvalue weighted by Crippen LogP contribution is -2.60. The van der Waals surface area contributed by atoms with Gasteiger partial charge in [0.1, 0.15) is 11.3 Å². The number of methoxy groups -OCH3 is 1. The predicted molar refractivity (Wildman–Crippen MR) is 303 cm³/mol. The molecule has 1 aromatic heterocycles. The maximum absolute atomic E-state index is 15.6. The van der Waals surface area contributed by atoms with E-state index in [1.165, 1.54) is 47.8 Å². The van der Waals surface area contributed by atoms with Gasteiger partial charge in [0, 0.05) is 65.7 Å². The van der Waals surface area contributed by atoms with E-state index in [-0.39, 0.29) is 84.4 Å². The van der Waals surface area contributed by atoms with Crippen LogP contribution < -0.4 is 10.4 Å². The van der Waals surface area contributed by atoms with E-state index in [1.54, 1.807) is 19.1 Å². The van der Waals surface area contributed by atoms with Gasteiger partial charge in [-0.15, -0.1) is 0 Å². The van der Waals surface area contributed by atoms with Gasteiger partial charge in [-0.25, -0.2) is 9.59 Å². The summed E-state index contributed by atoms with van der Waals surface area (Å²) in [5.74, 6) is -1.27. The Labute approximate surface area is 463 Å². The number of aliphatic hydroxyl groups is 3. The molecule has 3 aliphatic heterocycles. The number of carbonyl (C=O) groups excluding carboxylic acids is 2. The molecule has 4 aromatic carbocycles. The Kier molecular flexibility index (Phi) is 15.0. The van der Waals surface area contributed by atoms with E-state index in [1.807, 2.05) is 6.92 Å². The zero-order valence-electron chi connectivity index (χ0n) is 46.1. The summed E-state index contributed by atoms with van der Waals surface area (Å²) in [5, 5.41) is 32.4. The molecule has 5 aromatic rings. The average Bonchev–Trinajstić information content (AvgIpc) is 3.51. The lowest BCUT2D eigenvalue weighted by Gasteiger charge is -2.52. The van der Waals surface area contributed by atoms with Crippen LogP contribution in [-0.2, 0) is 48.7 Å². The lowest BCUT2D eigenvalue weighted by molar-refractivity contribution is -0.205. The average molecular weight is 1070 g/mol. The first kappa shape index (κ1) is 53.5. The fourth-order valence-electron chi connectivity index (χ4n) is 16.1. The van der Waals surface area contributed by atoms with Gasteiger partial charge in [-0.1, -0.05) is 123 Å². The molecule has 2 fully saturated rings. The van der Waals surface area contributed by atoms with Crippen LogP contribution in [0.5, 0.6) is 5.75 Å². The van der Waals surface area contributed by atoms with E-state index in [0.29, 0.717) is 53.0 Å². The molecule has 414 valence electrons. The van der Waals surface area contributed by atoms with Crippen LogP contribution in [0.25, 0.3) is 17.0 Å². The number of hydrogen-bond donors (Lipinski definition) is 3. The van der Waals surface area contributed by atoms with Crippen LogP contribution in [-0.4, -0.2) is 65.9 Å². The van der Waals surface area contributed by atoms with Crippen LogP contribution >= 0.6 is 0 Å². The quantitative estimate of drug-likeness (QED) is 0.0557. The summed E-state index contributed by atoms with van der Waals surface area (Å²) in [7, 11) is 1.52. The molecule has 3 N–H and O–H groups in total. The van der Waals surface area contributed by atoms with Crippen LogP contribution in [0.1, 0.15) is 177 Å². The normalized spacial score (nSPS) is 30.3. The summed E-state index contributed by atoms with van der Waals surface area (Å²) in [5.41, 5.74) is 8.35. The Hall–Kier alpha value is -6.11. The molecule has 2 saturated carbocycles. The number of esters is 2. The van der Waals surface area contributed by atoms with Crippen molar-refractivity contribution in [3.05, 3.63) is 174 Å². The van der Waals surface area contributed by atoms with Crippen LogP contribution in [0.2, 0.25) is 0 Å². The molecule has 0 radical (unpaired) electrons. The number of ether oxygens (including phenoxy) is 4. The third-order valence-electron chi connectivity index (χ3n) is 20.1. The molecular formula is C68H76O11. The van der Waals surface area contributed by atoms with Gasteiger partial charge in [0.2, 0.25) is 0 Å². The fraction of sp³-hybridized carbons (Fsp3) is 0.485. The maximum atomic E-state index is 15.6. The second-order valence-corrected chi connectivity index (χ2v) is 24.2. The summed E-state index contributed by atoms with van der Waals surface area (Å²) in [4.78, 5) is 45.4. The number of hydrogen-bond acceptors (Lipinski definition) is 11. The molecule has 7 aliphatic rings. The Bertz CT molecular complexity index is 3300. The Morgan fingerprint density at radius 2 is 1.66 bits per heavy atom. The van der Waals surface area contributed by atoms with E-state index >= 15 is 9.59 Å². The van der Waals surface area contributed by atoms with Crippen LogP contribution in [0.15, 0.2) is 117 Å². The fourth-order valence-corrected chi connectivity index (χ4v) is 16.1. The number of rotatable bonds is 9. The highest BCUT2D eigenvalue weighted by Crippen LogP contribution is 2.56. The van der Waals surface area contributed by atoms with Gasteiger partial charge in [-0.3, -0.25) is 4.79 Å². The van der Waals surface area contributed by atoms with Crippen LogP contribution in [0.4, 0.5) is 0 Å². The Morgan fingerprint density at radius 3 is 2.49 bits per heavy atom. The van der Waals surface area contributed by atoms with Gasteiger partial charge >= 0.3 is 17.6 Å². The third-order valence-corrected chi connectivity index (χ3v) is 20.1. The minimum Gasteiger partial charge on any atom is -0.483 e. The number of aryl methyl sites for hydroxylation is 2. The van der Waals surface area contributed by atoms with Gasteiger partial charge in [-0.05, 0) is 152 Å². The largest absolute Gasteiger partial charge is 0.483 e. The SMILES string of the molecule is COCC(CCO)c1c(CO)c2ccc3c(c2oc1=O)C1OC(=O)CC2CC(c4cccc(C56CCCCC5C=Cc5ccccc56)c4)C=CC2c2ccc4c(c2)CCC2CCCCC2C(C)(O3)C1OC(=O)C(=C(C)CO)CC4. The van der Waals surface area contributed by atoms with E-state index < -0.39 is 47.9 Å². The number of aliphatic hydroxyl groups excluding tert-OH is 3. The van der Waals surface area contributed by atoms with Gasteiger partial charge in [0.15, 0.2) is 17.8 Å². The number of allylic oxidation sites excluding steroid dienone is 3. The first-order valence-electron chi connectivity index (χ1n) is 29.4. The molecule has 0 spiro atoms. The summed E-state index contributed by atoms with van der Waals surface area (Å²) in [6.45, 7) is 2.74. The van der Waals surface area contributed by atoms with Crippen molar-refractivity contribution >= 4 is 29.0 Å². The smallest absolute Gasteiger partial charge is 0.340 e. The van der Waals surface area contributed by atoms with Crippen LogP contribution in [0.3, 0.4) is 0 Å². The van der Waals surface area contributed by atoms with Crippen molar-refractivity contribution in [2.45, 2.75) is 158 Å². The second kappa shape index (κ2) is 22.1. The molecule has 4 aliphatic carbocycles. The molecule has 0 saturated heterocycles. The van der Waals surface area contributed by atoms with Crippen molar-refractivity contribution in [2.75, 3.05) is 26.9 Å². The first-order valence-corrected chi connectivity index (χ1v) is 29.4. The number of fused-ring (bicyclic) bond motifs is 11. The molecular weight excluding hydrogens is 993 g/mol. The first-order chi connectivity index (χ1) is 38.5. The summed E-state index contributed by atoms with van der Waals surface area (Å²) in [6, 6.07) is 28.5. The predicted octanol–water partition coefficient (Wildman–Crippen LogP) is 12.1. The monoisotopic (exact) mass is 1070 g/mol. The van der Waals surface area contributed by atoms with Crippen molar-refractivity contribution in [3.8, 4) is 5.75 Å². The number of benzene rings is 4. The van der Waals surface area contributed by atoms with Crippen molar-refractivity contribution in [3.63, 3.8) is 0 Å². The second-order valence-electron chi connectivity index (χ2n) is 24.2. The summed E-state index contributed by atoms with van der Waals surface area (Å²) >= 11 is 0. The standard InChI is InChI=1S/C68H76O11/c1-40(37-70)52-26-23-41-18-21-47-33-45(41)20-19-42-11-4-6-16-56(42)67(2)64(78-65(52)73)63(61-58(79-67)29-28-54-55(38-71)60(66(74)77-62(54)61)48(30-32-69)39-75-3)76-59(72)36-49-34-46(24-27-53(47)49)44-13-10-15-51(35-44)68-31-9-8-14-50(68)25-22-43-12-5-7-17-57(43)68/h5,7,10,12-13,15,17-18,21-22,24-25,27-29,33,35,42,46,48-50,53,56,63-64,69-71H,4,6,8-9,11,14,16,19-20,23,26,30-32,34,36-39H2,1-3H3. The highest BCUT2D eigenvalue weighted by atomic mass is 16.6. The maximum Gasteiger partial charge on any atom is 0.340 e. The number of carbonyl (C=O) groups is 2. The molecule has 12 rings (SSSR count). The topological polar surface area (TPSA) is 162 Å². The highest BCUT2D eigenvalue weighted by Gasteiger charge is 2.58. The van der Waals surface area contributed by atoms with Gasteiger partial charge in [0.25, 0.3) is 0 Å². The van der Waals surface area contributed by atoms with Crippen LogP contribution in [0, 0.1) is 23.7 Å². The van der Waals surface area contributed by atoms with Gasteiger partial charge < -0.3 is 38.7 Å². The molecule has 11 atom stereocenters. The molecule has 11 unspecified atom stereocenters. The third kappa shape index (κ3) is 9.44. The summed E-state index contributed by atoms with van der Waals surface area (Å²) < 4.78 is 33.2. The summed E-state index contributed by atoms with van der Waals surface area (Å²) in [6.07, 6.45) is 18.7. The van der Waals surface area contributed by atoms with Crippen molar-refractivity contribution in [1.29, 1.82) is 0 Å². The molecule has 4 heterocycles. The van der Waals surface area contributed by atoms with Gasteiger partial charge in [-0.2, -0.15) is 0 Å². The van der Waals surface area contributed by atoms with Crippen molar-refractivity contribution < 1.29 is 48.3 Å². The van der Waals surface area contributed by atoms with Gasteiger partial charge in [0.05, 0.1) is 25.4 Å². The molecule has 0 amide bonds. The molecule has 11 heteroatoms. The van der Waals surface area contributed by atoms with Crippen molar-refractivity contribution in [2.24, 2.45) is 23.7 Å². The lowest BCUT2D eigenvalue weighted by atomic mass is 9.56. The molecule has 79 heavy (non-hydrogen) atoms. The van der Waals surface area contributed by atoms with E-state index in [0.717, 1.165) is 62.5 Å². The Balaban J connectivity index is 1.02. The van der Waals surface area contributed by atoms with Crippen molar-refractivity contribution in [1.82, 2.24) is 0 Å². The minimum atomic E-state index is -1.32.